The normalized spacial score (nSPS) is 13.9. The molecule has 1 aliphatic rings. The highest BCUT2D eigenvalue weighted by molar-refractivity contribution is 7.14. The van der Waals surface area contributed by atoms with Crippen molar-refractivity contribution in [3.63, 3.8) is 0 Å². The van der Waals surface area contributed by atoms with Crippen LogP contribution in [0.2, 0.25) is 0 Å². The van der Waals surface area contributed by atoms with E-state index in [0.29, 0.717) is 35.3 Å². The first kappa shape index (κ1) is 18.2. The molecular weight excluding hydrogens is 385 g/mol. The Morgan fingerprint density at radius 1 is 1.39 bits per heavy atom. The Balaban J connectivity index is 1.45. The summed E-state index contributed by atoms with van der Waals surface area (Å²) in [4.78, 5) is 30.2. The van der Waals surface area contributed by atoms with E-state index in [2.05, 4.69) is 25.8 Å². The molecule has 144 valence electrons. The Morgan fingerprint density at radius 2 is 2.25 bits per heavy atom. The van der Waals surface area contributed by atoms with Gasteiger partial charge in [0.15, 0.2) is 11.0 Å². The van der Waals surface area contributed by atoms with E-state index < -0.39 is 5.82 Å². The third-order valence-corrected chi connectivity index (χ3v) is 5.18. The highest BCUT2D eigenvalue weighted by Crippen LogP contribution is 2.25. The first-order valence-electron chi connectivity index (χ1n) is 8.61. The summed E-state index contributed by atoms with van der Waals surface area (Å²) in [5, 5.41) is 16.1. The molecule has 0 radical (unpaired) electrons. The molecule has 2 aromatic heterocycles. The third-order valence-electron chi connectivity index (χ3n) is 4.27. The largest absolute Gasteiger partial charge is 0.326 e. The molecule has 4 rings (SSSR count). The zero-order valence-electron chi connectivity index (χ0n) is 14.9. The second-order valence-electron chi connectivity index (χ2n) is 6.30. The molecule has 0 spiro atoms. The van der Waals surface area contributed by atoms with E-state index in [4.69, 9.17) is 0 Å². The van der Waals surface area contributed by atoms with Crippen LogP contribution in [0.1, 0.15) is 24.4 Å². The van der Waals surface area contributed by atoms with Crippen LogP contribution in [-0.4, -0.2) is 43.6 Å². The molecule has 1 fully saturated rings. The smallest absolute Gasteiger partial charge is 0.230 e. The molecule has 0 saturated carbocycles. The molecule has 0 atom stereocenters. The summed E-state index contributed by atoms with van der Waals surface area (Å²) < 4.78 is 15.4. The number of tetrazole rings is 1. The first-order valence-corrected chi connectivity index (χ1v) is 9.49. The fraction of sp³-hybridized carbons (Fsp3) is 0.294. The lowest BCUT2D eigenvalue weighted by atomic mass is 10.2. The highest BCUT2D eigenvalue weighted by atomic mass is 32.1. The number of halogens is 1. The molecule has 0 aliphatic carbocycles. The van der Waals surface area contributed by atoms with E-state index in [9.17, 15) is 14.0 Å². The second kappa shape index (κ2) is 7.43. The van der Waals surface area contributed by atoms with Crippen molar-refractivity contribution in [2.24, 2.45) is 0 Å². The number of hydrogen-bond acceptors (Lipinski definition) is 7. The Hall–Kier alpha value is -3.21. The van der Waals surface area contributed by atoms with E-state index in [1.807, 2.05) is 0 Å². The SMILES string of the molecule is Cc1nnnn1-c1cc(NC(=O)Cc2csc(N3CCCC3=O)n2)ccc1F. The number of thiazole rings is 1. The molecule has 28 heavy (non-hydrogen) atoms. The molecule has 0 unspecified atom stereocenters. The van der Waals surface area contributed by atoms with Gasteiger partial charge in [-0.05, 0) is 42.0 Å². The standard InChI is InChI=1S/C17H16FN7O2S/c1-10-21-22-23-25(10)14-7-11(4-5-13(14)18)19-15(26)8-12-9-28-17(20-12)24-6-2-3-16(24)27/h4-5,7,9H,2-3,6,8H2,1H3,(H,19,26). The van der Waals surface area contributed by atoms with Crippen LogP contribution in [0.25, 0.3) is 5.69 Å². The van der Waals surface area contributed by atoms with Crippen LogP contribution in [0.15, 0.2) is 23.6 Å². The van der Waals surface area contributed by atoms with E-state index in [1.54, 1.807) is 17.2 Å². The summed E-state index contributed by atoms with van der Waals surface area (Å²) in [6.07, 6.45) is 1.40. The molecule has 3 aromatic rings. The van der Waals surface area contributed by atoms with E-state index in [-0.39, 0.29) is 23.9 Å². The average molecular weight is 401 g/mol. The van der Waals surface area contributed by atoms with Crippen molar-refractivity contribution in [2.45, 2.75) is 26.2 Å². The minimum atomic E-state index is -0.507. The van der Waals surface area contributed by atoms with Gasteiger partial charge in [0.2, 0.25) is 11.8 Å². The lowest BCUT2D eigenvalue weighted by Gasteiger charge is -2.10. The minimum absolute atomic E-state index is 0.0507. The van der Waals surface area contributed by atoms with E-state index >= 15 is 0 Å². The lowest BCUT2D eigenvalue weighted by Crippen LogP contribution is -2.23. The van der Waals surface area contributed by atoms with Crippen LogP contribution < -0.4 is 10.2 Å². The molecule has 11 heteroatoms. The predicted octanol–water partition coefficient (Wildman–Crippen LogP) is 1.87. The number of hydrogen-bond donors (Lipinski definition) is 1. The van der Waals surface area contributed by atoms with E-state index in [0.717, 1.165) is 6.42 Å². The number of anilines is 2. The number of rotatable bonds is 5. The van der Waals surface area contributed by atoms with Gasteiger partial charge in [-0.25, -0.2) is 9.37 Å². The van der Waals surface area contributed by atoms with Crippen molar-refractivity contribution in [3.8, 4) is 5.69 Å². The fourth-order valence-corrected chi connectivity index (χ4v) is 3.80. The lowest BCUT2D eigenvalue weighted by molar-refractivity contribution is -0.117. The molecule has 9 nitrogen and oxygen atoms in total. The summed E-state index contributed by atoms with van der Waals surface area (Å²) >= 11 is 1.34. The van der Waals surface area contributed by atoms with Gasteiger partial charge < -0.3 is 5.32 Å². The van der Waals surface area contributed by atoms with Gasteiger partial charge in [0.05, 0.1) is 12.1 Å². The highest BCUT2D eigenvalue weighted by Gasteiger charge is 2.24. The van der Waals surface area contributed by atoms with Gasteiger partial charge in [-0.2, -0.15) is 4.68 Å². The Morgan fingerprint density at radius 3 is 2.96 bits per heavy atom. The third kappa shape index (κ3) is 3.60. The van der Waals surface area contributed by atoms with Gasteiger partial charge in [0, 0.05) is 24.0 Å². The molecule has 1 N–H and O–H groups in total. The van der Waals surface area contributed by atoms with Crippen molar-refractivity contribution in [2.75, 3.05) is 16.8 Å². The maximum absolute atomic E-state index is 14.1. The zero-order valence-corrected chi connectivity index (χ0v) is 15.7. The monoisotopic (exact) mass is 401 g/mol. The zero-order chi connectivity index (χ0) is 19.7. The molecule has 1 aliphatic heterocycles. The number of nitrogens with one attached hydrogen (secondary N) is 1. The number of aromatic nitrogens is 5. The van der Waals surface area contributed by atoms with Crippen molar-refractivity contribution in [1.82, 2.24) is 25.2 Å². The summed E-state index contributed by atoms with van der Waals surface area (Å²) in [7, 11) is 0. The topological polar surface area (TPSA) is 106 Å². The number of carbonyl (C=O) groups excluding carboxylic acids is 2. The van der Waals surface area contributed by atoms with Crippen LogP contribution in [-0.2, 0) is 16.0 Å². The number of carbonyl (C=O) groups is 2. The van der Waals surface area contributed by atoms with Gasteiger partial charge in [-0.15, -0.1) is 16.4 Å². The Labute approximate surface area is 163 Å². The second-order valence-corrected chi connectivity index (χ2v) is 7.14. The van der Waals surface area contributed by atoms with Crippen LogP contribution in [0.3, 0.4) is 0 Å². The fourth-order valence-electron chi connectivity index (χ4n) is 2.93. The van der Waals surface area contributed by atoms with Crippen LogP contribution >= 0.6 is 11.3 Å². The maximum Gasteiger partial charge on any atom is 0.230 e. The van der Waals surface area contributed by atoms with Gasteiger partial charge in [-0.1, -0.05) is 0 Å². The summed E-state index contributed by atoms with van der Waals surface area (Å²) in [6, 6.07) is 4.17. The quantitative estimate of drug-likeness (QED) is 0.700. The van der Waals surface area contributed by atoms with Gasteiger partial charge in [0.1, 0.15) is 11.5 Å². The number of aryl methyl sites for hydroxylation is 1. The first-order chi connectivity index (χ1) is 13.5. The Bertz CT molecular complexity index is 1050. The number of benzene rings is 1. The Kier molecular flexibility index (Phi) is 4.82. The van der Waals surface area contributed by atoms with Gasteiger partial charge in [0.25, 0.3) is 0 Å². The van der Waals surface area contributed by atoms with Crippen LogP contribution in [0, 0.1) is 12.7 Å². The van der Waals surface area contributed by atoms with Gasteiger partial charge in [-0.3, -0.25) is 14.5 Å². The molecule has 3 heterocycles. The molecular formula is C17H16FN7O2S. The van der Waals surface area contributed by atoms with Gasteiger partial charge >= 0.3 is 0 Å². The van der Waals surface area contributed by atoms with Crippen molar-refractivity contribution in [1.29, 1.82) is 0 Å². The molecule has 0 bridgehead atoms. The predicted molar refractivity (Wildman–Crippen MR) is 99.9 cm³/mol. The summed E-state index contributed by atoms with van der Waals surface area (Å²) in [6.45, 7) is 2.31. The molecule has 2 amide bonds. The van der Waals surface area contributed by atoms with E-state index in [1.165, 1.54) is 34.2 Å². The molecule has 1 aromatic carbocycles. The minimum Gasteiger partial charge on any atom is -0.326 e. The van der Waals surface area contributed by atoms with Crippen molar-refractivity contribution < 1.29 is 14.0 Å². The van der Waals surface area contributed by atoms with Crippen molar-refractivity contribution in [3.05, 3.63) is 40.9 Å². The maximum atomic E-state index is 14.1. The number of nitrogens with zero attached hydrogens (tertiary/aromatic N) is 6. The summed E-state index contributed by atoms with van der Waals surface area (Å²) in [5.74, 6) is -0.320. The molecule has 1 saturated heterocycles. The summed E-state index contributed by atoms with van der Waals surface area (Å²) in [5.41, 5.74) is 1.14. The van der Waals surface area contributed by atoms with Crippen LogP contribution in [0.5, 0.6) is 0 Å². The van der Waals surface area contributed by atoms with Crippen molar-refractivity contribution >= 4 is 34.0 Å². The average Bonchev–Trinajstić information content (AvgIpc) is 3.38. The number of amides is 2. The van der Waals surface area contributed by atoms with Crippen LogP contribution in [0.4, 0.5) is 15.2 Å².